The summed E-state index contributed by atoms with van der Waals surface area (Å²) >= 11 is 6.41. The van der Waals surface area contributed by atoms with Gasteiger partial charge in [0.05, 0.1) is 5.02 Å². The van der Waals surface area contributed by atoms with Crippen LogP contribution in [-0.2, 0) is 20.9 Å². The SMILES string of the molecule is O=C(C=Cc1cnc(N[C@@H]2CCN(Cc3cccc(F)c3)C2)c(Cl)c1)NOC1CCCCO1. The zero-order chi connectivity index (χ0) is 23.0. The summed E-state index contributed by atoms with van der Waals surface area (Å²) in [5.41, 5.74) is 4.04. The Balaban J connectivity index is 1.24. The van der Waals surface area contributed by atoms with Gasteiger partial charge in [-0.2, -0.15) is 0 Å². The van der Waals surface area contributed by atoms with Crippen LogP contribution in [0.2, 0.25) is 5.02 Å². The summed E-state index contributed by atoms with van der Waals surface area (Å²) in [6.07, 6.45) is 8.00. The molecule has 2 N–H and O–H groups in total. The number of rotatable bonds is 8. The molecule has 0 saturated carbocycles. The van der Waals surface area contributed by atoms with Crippen molar-refractivity contribution in [3.63, 3.8) is 0 Å². The molecule has 0 bridgehead atoms. The molecule has 0 spiro atoms. The van der Waals surface area contributed by atoms with Gasteiger partial charge in [-0.25, -0.2) is 19.7 Å². The van der Waals surface area contributed by atoms with E-state index in [1.165, 1.54) is 12.1 Å². The lowest BCUT2D eigenvalue weighted by Gasteiger charge is -2.21. The van der Waals surface area contributed by atoms with E-state index in [4.69, 9.17) is 21.2 Å². The van der Waals surface area contributed by atoms with Gasteiger partial charge in [0.1, 0.15) is 11.6 Å². The van der Waals surface area contributed by atoms with Gasteiger partial charge in [0.25, 0.3) is 5.91 Å². The maximum absolute atomic E-state index is 13.4. The molecule has 1 amide bonds. The van der Waals surface area contributed by atoms with Crippen molar-refractivity contribution in [1.29, 1.82) is 0 Å². The van der Waals surface area contributed by atoms with Crippen LogP contribution in [0.3, 0.4) is 0 Å². The second-order valence-electron chi connectivity index (χ2n) is 8.31. The van der Waals surface area contributed by atoms with Crippen molar-refractivity contribution < 1.29 is 18.8 Å². The van der Waals surface area contributed by atoms with Gasteiger partial charge in [-0.15, -0.1) is 0 Å². The van der Waals surface area contributed by atoms with Crippen LogP contribution in [0.5, 0.6) is 0 Å². The molecule has 0 radical (unpaired) electrons. The minimum absolute atomic E-state index is 0.204. The van der Waals surface area contributed by atoms with E-state index in [9.17, 15) is 9.18 Å². The number of hydroxylamine groups is 1. The first-order valence-electron chi connectivity index (χ1n) is 11.2. The Bertz CT molecular complexity index is 984. The number of ether oxygens (including phenoxy) is 1. The maximum Gasteiger partial charge on any atom is 0.267 e. The van der Waals surface area contributed by atoms with Gasteiger partial charge in [0, 0.05) is 51.0 Å². The number of hydrogen-bond acceptors (Lipinski definition) is 6. The highest BCUT2D eigenvalue weighted by Gasteiger charge is 2.23. The van der Waals surface area contributed by atoms with Crippen LogP contribution in [0.15, 0.2) is 42.6 Å². The normalized spacial score (nSPS) is 21.4. The van der Waals surface area contributed by atoms with E-state index in [1.54, 1.807) is 30.5 Å². The van der Waals surface area contributed by atoms with Crippen molar-refractivity contribution in [1.82, 2.24) is 15.4 Å². The quantitative estimate of drug-likeness (QED) is 0.442. The molecule has 1 aromatic heterocycles. The minimum Gasteiger partial charge on any atom is -0.365 e. The number of amides is 1. The smallest absolute Gasteiger partial charge is 0.267 e. The molecule has 2 aliphatic rings. The monoisotopic (exact) mass is 474 g/mol. The topological polar surface area (TPSA) is 75.7 Å². The molecule has 33 heavy (non-hydrogen) atoms. The van der Waals surface area contributed by atoms with E-state index < -0.39 is 6.29 Å². The van der Waals surface area contributed by atoms with Crippen LogP contribution in [0, 0.1) is 5.82 Å². The fraction of sp³-hybridized carbons (Fsp3) is 0.417. The molecule has 9 heteroatoms. The van der Waals surface area contributed by atoms with E-state index in [2.05, 4.69) is 20.7 Å². The summed E-state index contributed by atoms with van der Waals surface area (Å²) in [5.74, 6) is 0.00948. The van der Waals surface area contributed by atoms with Gasteiger partial charge in [-0.05, 0) is 54.7 Å². The van der Waals surface area contributed by atoms with Crippen LogP contribution in [0.1, 0.15) is 36.8 Å². The number of carbonyl (C=O) groups is 1. The average Bonchev–Trinajstić information content (AvgIpc) is 3.25. The first-order chi connectivity index (χ1) is 16.0. The summed E-state index contributed by atoms with van der Waals surface area (Å²) in [4.78, 5) is 23.9. The second-order valence-corrected chi connectivity index (χ2v) is 8.71. The Morgan fingerprint density at radius 3 is 3.03 bits per heavy atom. The van der Waals surface area contributed by atoms with Gasteiger partial charge in [0.2, 0.25) is 0 Å². The van der Waals surface area contributed by atoms with Crippen LogP contribution >= 0.6 is 11.6 Å². The Kier molecular flexibility index (Phi) is 8.28. The third kappa shape index (κ3) is 7.23. The Morgan fingerprint density at radius 2 is 2.24 bits per heavy atom. The van der Waals surface area contributed by atoms with Crippen molar-refractivity contribution >= 4 is 29.4 Å². The highest BCUT2D eigenvalue weighted by Crippen LogP contribution is 2.24. The number of carbonyl (C=O) groups excluding carboxylic acids is 1. The minimum atomic E-state index is -0.391. The van der Waals surface area contributed by atoms with Crippen molar-refractivity contribution in [2.24, 2.45) is 0 Å². The molecule has 2 aliphatic heterocycles. The number of hydrogen-bond donors (Lipinski definition) is 2. The van der Waals surface area contributed by atoms with Crippen LogP contribution in [-0.4, -0.2) is 47.8 Å². The summed E-state index contributed by atoms with van der Waals surface area (Å²) in [6, 6.07) is 8.65. The number of pyridine rings is 1. The van der Waals surface area contributed by atoms with Crippen molar-refractivity contribution in [2.45, 2.75) is 44.6 Å². The third-order valence-corrected chi connectivity index (χ3v) is 5.91. The van der Waals surface area contributed by atoms with Gasteiger partial charge >= 0.3 is 0 Å². The number of aromatic nitrogens is 1. The molecule has 176 valence electrons. The van der Waals surface area contributed by atoms with E-state index in [0.717, 1.165) is 44.3 Å². The summed E-state index contributed by atoms with van der Waals surface area (Å²) in [5, 5.41) is 3.87. The molecule has 3 heterocycles. The fourth-order valence-corrected chi connectivity index (χ4v) is 4.19. The standard InChI is InChI=1S/C24H28ClFN4O3/c25-21-13-17(7-8-22(31)29-33-23-6-1-2-11-32-23)14-27-24(21)28-20-9-10-30(16-20)15-18-4-3-5-19(26)12-18/h3-5,7-8,12-14,20,23H,1-2,6,9-11,15-16H2,(H,27,28)(H,29,31)/t20-,23?/m1/s1. The number of likely N-dealkylation sites (tertiary alicyclic amines) is 1. The van der Waals surface area contributed by atoms with Gasteiger partial charge in [-0.3, -0.25) is 9.69 Å². The number of benzene rings is 1. The van der Waals surface area contributed by atoms with Gasteiger partial charge in [0.15, 0.2) is 6.29 Å². The van der Waals surface area contributed by atoms with E-state index in [-0.39, 0.29) is 17.8 Å². The molecule has 1 unspecified atom stereocenters. The van der Waals surface area contributed by atoms with Gasteiger partial charge < -0.3 is 10.1 Å². The highest BCUT2D eigenvalue weighted by atomic mass is 35.5. The predicted octanol–water partition coefficient (Wildman–Crippen LogP) is 4.15. The average molecular weight is 475 g/mol. The number of nitrogens with zero attached hydrogens (tertiary/aromatic N) is 2. The molecule has 2 fully saturated rings. The molecule has 2 atom stereocenters. The van der Waals surface area contributed by atoms with Gasteiger partial charge in [-0.1, -0.05) is 23.7 Å². The molecule has 4 rings (SSSR count). The molecule has 2 saturated heterocycles. The first kappa shape index (κ1) is 23.6. The number of halogens is 2. The number of nitrogens with one attached hydrogen (secondary N) is 2. The lowest BCUT2D eigenvalue weighted by molar-refractivity contribution is -0.198. The molecular weight excluding hydrogens is 447 g/mol. The van der Waals surface area contributed by atoms with E-state index in [1.807, 2.05) is 6.07 Å². The zero-order valence-corrected chi connectivity index (χ0v) is 19.1. The largest absolute Gasteiger partial charge is 0.365 e. The Morgan fingerprint density at radius 1 is 1.33 bits per heavy atom. The molecule has 2 aromatic rings. The van der Waals surface area contributed by atoms with Crippen LogP contribution in [0.25, 0.3) is 6.08 Å². The van der Waals surface area contributed by atoms with E-state index in [0.29, 0.717) is 29.6 Å². The lowest BCUT2D eigenvalue weighted by atomic mass is 10.2. The summed E-state index contributed by atoms with van der Waals surface area (Å²) in [6.45, 7) is 3.09. The van der Waals surface area contributed by atoms with Crippen LogP contribution in [0.4, 0.5) is 10.2 Å². The van der Waals surface area contributed by atoms with Crippen molar-refractivity contribution in [3.8, 4) is 0 Å². The lowest BCUT2D eigenvalue weighted by Crippen LogP contribution is -2.32. The first-order valence-corrected chi connectivity index (χ1v) is 11.6. The zero-order valence-electron chi connectivity index (χ0n) is 18.3. The highest BCUT2D eigenvalue weighted by molar-refractivity contribution is 6.33. The predicted molar refractivity (Wildman–Crippen MR) is 125 cm³/mol. The Hall–Kier alpha value is -2.52. The van der Waals surface area contributed by atoms with E-state index >= 15 is 0 Å². The fourth-order valence-electron chi connectivity index (χ4n) is 3.96. The molecule has 7 nitrogen and oxygen atoms in total. The maximum atomic E-state index is 13.4. The second kappa shape index (κ2) is 11.6. The number of anilines is 1. The summed E-state index contributed by atoms with van der Waals surface area (Å²) in [7, 11) is 0. The Labute approximate surface area is 197 Å². The van der Waals surface area contributed by atoms with Crippen molar-refractivity contribution in [2.75, 3.05) is 25.0 Å². The molecule has 1 aromatic carbocycles. The van der Waals surface area contributed by atoms with Crippen LogP contribution < -0.4 is 10.8 Å². The molecule has 0 aliphatic carbocycles. The summed E-state index contributed by atoms with van der Waals surface area (Å²) < 4.78 is 18.8. The third-order valence-electron chi connectivity index (χ3n) is 5.63. The van der Waals surface area contributed by atoms with Crippen molar-refractivity contribution in [3.05, 3.63) is 64.6 Å². The molecular formula is C24H28ClFN4O3.